The molecule has 0 bridgehead atoms. The number of hydrogen-bond donors (Lipinski definition) is 1. The van der Waals surface area contributed by atoms with Crippen LogP contribution in [0.3, 0.4) is 0 Å². The van der Waals surface area contributed by atoms with Crippen molar-refractivity contribution in [3.63, 3.8) is 0 Å². The number of hydrogen-bond acceptors (Lipinski definition) is 4. The zero-order valence-electron chi connectivity index (χ0n) is 16.1. The van der Waals surface area contributed by atoms with Gasteiger partial charge in [0, 0.05) is 32.1 Å². The van der Waals surface area contributed by atoms with Gasteiger partial charge in [-0.3, -0.25) is 9.59 Å². The van der Waals surface area contributed by atoms with Crippen molar-refractivity contribution in [3.8, 4) is 11.5 Å². The molecule has 148 valence electrons. The average Bonchev–Trinajstić information content (AvgIpc) is 2.95. The van der Waals surface area contributed by atoms with Crippen LogP contribution in [0.1, 0.15) is 45.4 Å². The quantitative estimate of drug-likeness (QED) is 0.880. The molecule has 3 rings (SSSR count). The second-order valence-corrected chi connectivity index (χ2v) is 7.59. The highest BCUT2D eigenvalue weighted by atomic mass is 16.5. The molecule has 0 radical (unpaired) electrons. The van der Waals surface area contributed by atoms with Gasteiger partial charge in [-0.25, -0.2) is 0 Å². The third-order valence-electron chi connectivity index (χ3n) is 5.57. The van der Waals surface area contributed by atoms with Crippen molar-refractivity contribution in [2.45, 2.75) is 51.6 Å². The van der Waals surface area contributed by atoms with Crippen LogP contribution in [0.15, 0.2) is 24.3 Å². The summed E-state index contributed by atoms with van der Waals surface area (Å²) in [6.45, 7) is 4.28. The maximum atomic E-state index is 12.8. The molecular formula is C21H30N2O4. The van der Waals surface area contributed by atoms with E-state index in [1.807, 2.05) is 4.90 Å². The summed E-state index contributed by atoms with van der Waals surface area (Å²) >= 11 is 0. The van der Waals surface area contributed by atoms with Crippen molar-refractivity contribution < 1.29 is 19.4 Å². The van der Waals surface area contributed by atoms with Gasteiger partial charge in [-0.05, 0) is 50.5 Å². The van der Waals surface area contributed by atoms with Crippen LogP contribution >= 0.6 is 0 Å². The van der Waals surface area contributed by atoms with E-state index in [0.29, 0.717) is 25.4 Å². The van der Waals surface area contributed by atoms with E-state index in [-0.39, 0.29) is 23.5 Å². The molecule has 6 nitrogen and oxygen atoms in total. The highest BCUT2D eigenvalue weighted by Gasteiger charge is 2.29. The topological polar surface area (TPSA) is 70.1 Å². The van der Waals surface area contributed by atoms with Gasteiger partial charge < -0.3 is 19.6 Å². The number of carbonyl (C=O) groups is 2. The van der Waals surface area contributed by atoms with Crippen molar-refractivity contribution in [1.82, 2.24) is 9.80 Å². The minimum Gasteiger partial charge on any atom is -0.508 e. The Morgan fingerprint density at radius 3 is 2.30 bits per heavy atom. The number of nitrogens with zero attached hydrogens (tertiary/aromatic N) is 2. The van der Waals surface area contributed by atoms with Crippen LogP contribution in [0.2, 0.25) is 0 Å². The number of ether oxygens (including phenoxy) is 1. The molecule has 2 fully saturated rings. The minimum absolute atomic E-state index is 0.0601. The summed E-state index contributed by atoms with van der Waals surface area (Å²) in [6, 6.07) is 6.36. The largest absolute Gasteiger partial charge is 0.508 e. The number of rotatable bonds is 4. The van der Waals surface area contributed by atoms with Crippen LogP contribution in [0.5, 0.6) is 11.5 Å². The van der Waals surface area contributed by atoms with Crippen LogP contribution in [0.4, 0.5) is 0 Å². The van der Waals surface area contributed by atoms with Crippen LogP contribution < -0.4 is 4.74 Å². The molecule has 0 aromatic heterocycles. The van der Waals surface area contributed by atoms with Gasteiger partial charge >= 0.3 is 0 Å². The summed E-state index contributed by atoms with van der Waals surface area (Å²) in [5.41, 5.74) is 0. The molecule has 1 saturated carbocycles. The summed E-state index contributed by atoms with van der Waals surface area (Å²) in [5.74, 6) is 1.11. The fraction of sp³-hybridized carbons (Fsp3) is 0.619. The van der Waals surface area contributed by atoms with Crippen LogP contribution in [-0.4, -0.2) is 59.0 Å². The molecule has 1 atom stereocenters. The van der Waals surface area contributed by atoms with E-state index in [4.69, 9.17) is 4.74 Å². The molecule has 1 heterocycles. The molecule has 1 N–H and O–H groups in total. The van der Waals surface area contributed by atoms with E-state index in [1.54, 1.807) is 24.0 Å². The van der Waals surface area contributed by atoms with E-state index in [0.717, 1.165) is 38.6 Å². The SMILES string of the molecule is CC(Oc1ccc(O)cc1)C(=O)N1CCCN(C(=O)C2CCCCC2)CC1. The smallest absolute Gasteiger partial charge is 0.263 e. The van der Waals surface area contributed by atoms with Gasteiger partial charge in [0.05, 0.1) is 0 Å². The molecule has 1 aliphatic carbocycles. The van der Waals surface area contributed by atoms with Gasteiger partial charge in [0.15, 0.2) is 6.10 Å². The number of carbonyl (C=O) groups excluding carboxylic acids is 2. The third kappa shape index (κ3) is 5.15. The van der Waals surface area contributed by atoms with Crippen molar-refractivity contribution in [3.05, 3.63) is 24.3 Å². The second kappa shape index (κ2) is 9.11. The Morgan fingerprint density at radius 2 is 1.59 bits per heavy atom. The van der Waals surface area contributed by atoms with Gasteiger partial charge in [0.2, 0.25) is 5.91 Å². The lowest BCUT2D eigenvalue weighted by molar-refractivity contribution is -0.139. The predicted octanol–water partition coefficient (Wildman–Crippen LogP) is 2.80. The molecule has 1 unspecified atom stereocenters. The Hall–Kier alpha value is -2.24. The summed E-state index contributed by atoms with van der Waals surface area (Å²) in [5, 5.41) is 9.34. The van der Waals surface area contributed by atoms with E-state index in [1.165, 1.54) is 18.6 Å². The first kappa shape index (κ1) is 19.5. The van der Waals surface area contributed by atoms with Crippen molar-refractivity contribution >= 4 is 11.8 Å². The van der Waals surface area contributed by atoms with E-state index in [9.17, 15) is 14.7 Å². The second-order valence-electron chi connectivity index (χ2n) is 7.59. The standard InChI is InChI=1S/C21H30N2O4/c1-16(27-19-10-8-18(24)9-11-19)20(25)22-12-5-13-23(15-14-22)21(26)17-6-3-2-4-7-17/h8-11,16-17,24H,2-7,12-15H2,1H3. The van der Waals surface area contributed by atoms with Crippen molar-refractivity contribution in [2.24, 2.45) is 5.92 Å². The molecule has 0 spiro atoms. The molecule has 2 aliphatic rings. The lowest BCUT2D eigenvalue weighted by atomic mass is 9.88. The zero-order chi connectivity index (χ0) is 19.2. The van der Waals surface area contributed by atoms with Gasteiger partial charge in [0.1, 0.15) is 11.5 Å². The molecule has 27 heavy (non-hydrogen) atoms. The van der Waals surface area contributed by atoms with Gasteiger partial charge in [-0.15, -0.1) is 0 Å². The molecule has 1 aromatic rings. The minimum atomic E-state index is -0.602. The molecule has 2 amide bonds. The fourth-order valence-electron chi connectivity index (χ4n) is 4.00. The Balaban J connectivity index is 1.52. The molecule has 1 aliphatic heterocycles. The van der Waals surface area contributed by atoms with Crippen LogP contribution in [-0.2, 0) is 9.59 Å². The Labute approximate surface area is 161 Å². The van der Waals surface area contributed by atoms with E-state index >= 15 is 0 Å². The lowest BCUT2D eigenvalue weighted by Gasteiger charge is -2.28. The number of benzene rings is 1. The molecule has 6 heteroatoms. The summed E-state index contributed by atoms with van der Waals surface area (Å²) in [4.78, 5) is 29.3. The summed E-state index contributed by atoms with van der Waals surface area (Å²) in [6.07, 6.45) is 5.77. The first-order valence-corrected chi connectivity index (χ1v) is 10.1. The predicted molar refractivity (Wildman–Crippen MR) is 103 cm³/mol. The summed E-state index contributed by atoms with van der Waals surface area (Å²) < 4.78 is 5.71. The third-order valence-corrected chi connectivity index (χ3v) is 5.57. The lowest BCUT2D eigenvalue weighted by Crippen LogP contribution is -2.43. The van der Waals surface area contributed by atoms with E-state index < -0.39 is 6.10 Å². The maximum Gasteiger partial charge on any atom is 0.263 e. The first-order chi connectivity index (χ1) is 13.0. The molecule has 1 aromatic carbocycles. The van der Waals surface area contributed by atoms with Crippen LogP contribution in [0.25, 0.3) is 0 Å². The monoisotopic (exact) mass is 374 g/mol. The fourth-order valence-corrected chi connectivity index (χ4v) is 4.00. The number of amides is 2. The normalized spacial score (nSPS) is 20.0. The average molecular weight is 374 g/mol. The number of phenols is 1. The molecular weight excluding hydrogens is 344 g/mol. The van der Waals surface area contributed by atoms with Gasteiger partial charge in [0.25, 0.3) is 5.91 Å². The van der Waals surface area contributed by atoms with Crippen molar-refractivity contribution in [1.29, 1.82) is 0 Å². The van der Waals surface area contributed by atoms with Gasteiger partial charge in [-0.1, -0.05) is 19.3 Å². The Morgan fingerprint density at radius 1 is 0.963 bits per heavy atom. The summed E-state index contributed by atoms with van der Waals surface area (Å²) in [7, 11) is 0. The highest BCUT2D eigenvalue weighted by molar-refractivity contribution is 5.81. The maximum absolute atomic E-state index is 12.8. The number of phenolic OH excluding ortho intramolecular Hbond substituents is 1. The Bertz CT molecular complexity index is 640. The first-order valence-electron chi connectivity index (χ1n) is 10.1. The van der Waals surface area contributed by atoms with Crippen LogP contribution in [0, 0.1) is 5.92 Å². The van der Waals surface area contributed by atoms with E-state index in [2.05, 4.69) is 0 Å². The Kier molecular flexibility index (Phi) is 6.58. The number of aromatic hydroxyl groups is 1. The molecule has 1 saturated heterocycles. The van der Waals surface area contributed by atoms with Gasteiger partial charge in [-0.2, -0.15) is 0 Å². The highest BCUT2D eigenvalue weighted by Crippen LogP contribution is 2.26. The zero-order valence-corrected chi connectivity index (χ0v) is 16.1. The van der Waals surface area contributed by atoms with Crippen molar-refractivity contribution in [2.75, 3.05) is 26.2 Å².